The Labute approximate surface area is 145 Å². The van der Waals surface area contributed by atoms with E-state index in [-0.39, 0.29) is 18.4 Å². The molecule has 1 amide bonds. The van der Waals surface area contributed by atoms with E-state index in [1.807, 2.05) is 31.2 Å². The lowest BCUT2D eigenvalue weighted by Crippen LogP contribution is -2.15. The first kappa shape index (κ1) is 17.0. The third kappa shape index (κ3) is 3.97. The average Bonchev–Trinajstić information content (AvgIpc) is 3.25. The summed E-state index contributed by atoms with van der Waals surface area (Å²) in [5, 5.41) is 2.88. The van der Waals surface area contributed by atoms with Crippen LogP contribution < -0.4 is 5.32 Å². The normalized spacial score (nSPS) is 12.1. The second-order valence-electron chi connectivity index (χ2n) is 5.73. The van der Waals surface area contributed by atoms with E-state index >= 15 is 0 Å². The maximum atomic E-state index is 12.3. The molecular formula is C19H20N2O4. The molecule has 0 radical (unpaired) electrons. The van der Waals surface area contributed by atoms with Crippen molar-refractivity contribution in [3.8, 4) is 11.7 Å². The van der Waals surface area contributed by atoms with Crippen molar-refractivity contribution in [1.82, 2.24) is 4.98 Å². The minimum atomic E-state index is -0.162. The van der Waals surface area contributed by atoms with Crippen LogP contribution in [-0.4, -0.2) is 18.0 Å². The van der Waals surface area contributed by atoms with Gasteiger partial charge in [-0.25, -0.2) is 4.98 Å². The Morgan fingerprint density at radius 2 is 2.16 bits per heavy atom. The Kier molecular flexibility index (Phi) is 5.00. The number of aryl methyl sites for hydroxylation is 1. The summed E-state index contributed by atoms with van der Waals surface area (Å²) < 4.78 is 16.1. The Bertz CT molecular complexity index is 852. The number of furan rings is 1. The third-order valence-corrected chi connectivity index (χ3v) is 3.95. The second-order valence-corrected chi connectivity index (χ2v) is 5.73. The zero-order valence-electron chi connectivity index (χ0n) is 14.4. The highest BCUT2D eigenvalue weighted by molar-refractivity contribution is 5.92. The first-order valence-corrected chi connectivity index (χ1v) is 7.99. The highest BCUT2D eigenvalue weighted by Crippen LogP contribution is 2.23. The summed E-state index contributed by atoms with van der Waals surface area (Å²) in [5.41, 5.74) is 2.31. The summed E-state index contributed by atoms with van der Waals surface area (Å²) in [6, 6.07) is 11.1. The monoisotopic (exact) mass is 340 g/mol. The van der Waals surface area contributed by atoms with Gasteiger partial charge in [0.25, 0.3) is 5.89 Å². The van der Waals surface area contributed by atoms with Crippen LogP contribution >= 0.6 is 0 Å². The molecule has 6 nitrogen and oxygen atoms in total. The molecule has 3 rings (SSSR count). The molecule has 0 aliphatic carbocycles. The van der Waals surface area contributed by atoms with E-state index in [1.165, 1.54) is 0 Å². The second kappa shape index (κ2) is 7.36. The molecule has 25 heavy (non-hydrogen) atoms. The van der Waals surface area contributed by atoms with Crippen LogP contribution in [0.1, 0.15) is 30.0 Å². The Morgan fingerprint density at radius 3 is 2.88 bits per heavy atom. The molecule has 0 aliphatic heterocycles. The van der Waals surface area contributed by atoms with E-state index in [0.717, 1.165) is 11.3 Å². The standard InChI is InChI=1S/C19H20N2O4/c1-12(23-3)14-6-4-7-15(10-14)20-18(22)11-16-13(2)25-19(21-16)17-8-5-9-24-17/h4-10,12H,11H2,1-3H3,(H,20,22)/t12-/m1/s1. The zero-order valence-corrected chi connectivity index (χ0v) is 14.4. The van der Waals surface area contributed by atoms with Gasteiger partial charge in [-0.15, -0.1) is 0 Å². The largest absolute Gasteiger partial charge is 0.459 e. The first-order chi connectivity index (χ1) is 12.1. The van der Waals surface area contributed by atoms with E-state index in [0.29, 0.717) is 23.1 Å². The Hall–Kier alpha value is -2.86. The fourth-order valence-corrected chi connectivity index (χ4v) is 2.46. The number of oxazole rings is 1. The molecule has 0 aliphatic rings. The Balaban J connectivity index is 1.69. The predicted octanol–water partition coefficient (Wildman–Crippen LogP) is 4.13. The molecule has 0 saturated heterocycles. The number of nitrogens with one attached hydrogen (secondary N) is 1. The van der Waals surface area contributed by atoms with Crippen molar-refractivity contribution >= 4 is 11.6 Å². The number of rotatable bonds is 6. The van der Waals surface area contributed by atoms with Gasteiger partial charge in [0.05, 0.1) is 24.5 Å². The van der Waals surface area contributed by atoms with Crippen LogP contribution in [0.15, 0.2) is 51.5 Å². The lowest BCUT2D eigenvalue weighted by atomic mass is 10.1. The zero-order chi connectivity index (χ0) is 17.8. The number of hydrogen-bond acceptors (Lipinski definition) is 5. The summed E-state index contributed by atoms with van der Waals surface area (Å²) in [5.74, 6) is 1.35. The topological polar surface area (TPSA) is 77.5 Å². The van der Waals surface area contributed by atoms with E-state index in [4.69, 9.17) is 13.6 Å². The summed E-state index contributed by atoms with van der Waals surface area (Å²) in [4.78, 5) is 16.7. The number of amides is 1. The minimum Gasteiger partial charge on any atom is -0.459 e. The van der Waals surface area contributed by atoms with Crippen LogP contribution in [0.2, 0.25) is 0 Å². The number of hydrogen-bond donors (Lipinski definition) is 1. The Morgan fingerprint density at radius 1 is 1.32 bits per heavy atom. The van der Waals surface area contributed by atoms with E-state index in [2.05, 4.69) is 10.3 Å². The molecule has 2 aromatic heterocycles. The van der Waals surface area contributed by atoms with E-state index in [1.54, 1.807) is 32.4 Å². The fourth-order valence-electron chi connectivity index (χ4n) is 2.46. The van der Waals surface area contributed by atoms with Crippen LogP contribution in [0.4, 0.5) is 5.69 Å². The molecule has 1 N–H and O–H groups in total. The smallest absolute Gasteiger partial charge is 0.263 e. The van der Waals surface area contributed by atoms with Crippen LogP contribution in [0, 0.1) is 6.92 Å². The number of methoxy groups -OCH3 is 1. The summed E-state index contributed by atoms with van der Waals surface area (Å²) in [6.45, 7) is 3.73. The molecule has 0 unspecified atom stereocenters. The fraction of sp³-hybridized carbons (Fsp3) is 0.263. The molecule has 130 valence electrons. The van der Waals surface area contributed by atoms with Gasteiger partial charge in [-0.1, -0.05) is 12.1 Å². The van der Waals surface area contributed by atoms with E-state index in [9.17, 15) is 4.79 Å². The van der Waals surface area contributed by atoms with Crippen molar-refractivity contribution in [2.75, 3.05) is 12.4 Å². The maximum absolute atomic E-state index is 12.3. The van der Waals surface area contributed by atoms with Gasteiger partial charge < -0.3 is 18.9 Å². The van der Waals surface area contributed by atoms with Crippen LogP contribution in [0.5, 0.6) is 0 Å². The number of benzene rings is 1. The molecule has 1 aromatic carbocycles. The molecule has 6 heteroatoms. The number of nitrogens with zero attached hydrogens (tertiary/aromatic N) is 1. The van der Waals surface area contributed by atoms with Gasteiger partial charge in [-0.3, -0.25) is 4.79 Å². The lowest BCUT2D eigenvalue weighted by molar-refractivity contribution is -0.115. The molecular weight excluding hydrogens is 320 g/mol. The number of anilines is 1. The van der Waals surface area contributed by atoms with Gasteiger partial charge in [-0.05, 0) is 43.7 Å². The predicted molar refractivity (Wildman–Crippen MR) is 93.1 cm³/mol. The van der Waals surface area contributed by atoms with Crippen molar-refractivity contribution in [3.63, 3.8) is 0 Å². The van der Waals surface area contributed by atoms with Gasteiger partial charge in [0.1, 0.15) is 5.76 Å². The number of aromatic nitrogens is 1. The highest BCUT2D eigenvalue weighted by atomic mass is 16.5. The van der Waals surface area contributed by atoms with Crippen molar-refractivity contribution in [2.24, 2.45) is 0 Å². The lowest BCUT2D eigenvalue weighted by Gasteiger charge is -2.11. The van der Waals surface area contributed by atoms with Crippen LogP contribution in [0.3, 0.4) is 0 Å². The molecule has 1 atom stereocenters. The third-order valence-electron chi connectivity index (χ3n) is 3.95. The van der Waals surface area contributed by atoms with Gasteiger partial charge in [0.2, 0.25) is 5.91 Å². The molecule has 2 heterocycles. The van der Waals surface area contributed by atoms with Gasteiger partial charge in [0.15, 0.2) is 5.76 Å². The molecule has 0 bridgehead atoms. The van der Waals surface area contributed by atoms with Crippen molar-refractivity contribution in [3.05, 3.63) is 59.7 Å². The van der Waals surface area contributed by atoms with E-state index < -0.39 is 0 Å². The molecule has 0 saturated carbocycles. The number of carbonyl (C=O) groups is 1. The van der Waals surface area contributed by atoms with Crippen molar-refractivity contribution in [2.45, 2.75) is 26.4 Å². The molecule has 0 fully saturated rings. The number of carbonyl (C=O) groups excluding carboxylic acids is 1. The minimum absolute atomic E-state index is 0.0366. The maximum Gasteiger partial charge on any atom is 0.263 e. The van der Waals surface area contributed by atoms with Gasteiger partial charge in [0, 0.05) is 12.8 Å². The quantitative estimate of drug-likeness (QED) is 0.730. The first-order valence-electron chi connectivity index (χ1n) is 7.99. The van der Waals surface area contributed by atoms with Crippen molar-refractivity contribution in [1.29, 1.82) is 0 Å². The van der Waals surface area contributed by atoms with Crippen molar-refractivity contribution < 1.29 is 18.4 Å². The highest BCUT2D eigenvalue weighted by Gasteiger charge is 2.16. The SMILES string of the molecule is CO[C@H](C)c1cccc(NC(=O)Cc2nc(-c3ccco3)oc2C)c1. The van der Waals surface area contributed by atoms with Gasteiger partial charge >= 0.3 is 0 Å². The van der Waals surface area contributed by atoms with Crippen LogP contribution in [-0.2, 0) is 16.0 Å². The average molecular weight is 340 g/mol. The number of ether oxygens (including phenoxy) is 1. The van der Waals surface area contributed by atoms with Gasteiger partial charge in [-0.2, -0.15) is 0 Å². The molecule has 3 aromatic rings. The summed E-state index contributed by atoms with van der Waals surface area (Å²) >= 11 is 0. The van der Waals surface area contributed by atoms with Crippen LogP contribution in [0.25, 0.3) is 11.7 Å². The summed E-state index contributed by atoms with van der Waals surface area (Å²) in [7, 11) is 1.65. The summed E-state index contributed by atoms with van der Waals surface area (Å²) in [6.07, 6.45) is 1.64. The molecule has 0 spiro atoms.